The van der Waals surface area contributed by atoms with Crippen LogP contribution in [0, 0.1) is 5.82 Å². The van der Waals surface area contributed by atoms with E-state index in [1.54, 1.807) is 29.2 Å². The van der Waals surface area contributed by atoms with Crippen molar-refractivity contribution in [1.29, 1.82) is 0 Å². The second kappa shape index (κ2) is 12.0. The molecular formula is C28H30ClFN6O4. The van der Waals surface area contributed by atoms with Crippen molar-refractivity contribution >= 4 is 46.8 Å². The molecule has 12 heteroatoms. The van der Waals surface area contributed by atoms with Crippen LogP contribution in [0.5, 0.6) is 0 Å². The average molecular weight is 569 g/mol. The van der Waals surface area contributed by atoms with Crippen molar-refractivity contribution < 1.29 is 23.5 Å². The van der Waals surface area contributed by atoms with Crippen molar-refractivity contribution in [3.63, 3.8) is 0 Å². The molecule has 0 spiro atoms. The highest BCUT2D eigenvalue weighted by atomic mass is 35.5. The number of carbonyl (C=O) groups is 3. The van der Waals surface area contributed by atoms with Crippen molar-refractivity contribution in [2.75, 3.05) is 30.8 Å². The smallest absolute Gasteiger partial charge is 0.411 e. The van der Waals surface area contributed by atoms with Crippen LogP contribution in [0.25, 0.3) is 0 Å². The molecule has 0 radical (unpaired) electrons. The zero-order chi connectivity index (χ0) is 28.2. The molecule has 0 aromatic heterocycles. The summed E-state index contributed by atoms with van der Waals surface area (Å²) in [5, 5.41) is 12.0. The van der Waals surface area contributed by atoms with E-state index in [2.05, 4.69) is 26.0 Å². The van der Waals surface area contributed by atoms with E-state index < -0.39 is 18.0 Å². The molecule has 0 aliphatic carbocycles. The van der Waals surface area contributed by atoms with Gasteiger partial charge < -0.3 is 25.6 Å². The molecule has 2 aromatic rings. The predicted octanol–water partition coefficient (Wildman–Crippen LogP) is 4.90. The van der Waals surface area contributed by atoms with E-state index in [1.165, 1.54) is 13.2 Å². The summed E-state index contributed by atoms with van der Waals surface area (Å²) in [5.41, 5.74) is 2.19. The van der Waals surface area contributed by atoms with Crippen LogP contribution in [0.15, 0.2) is 53.5 Å². The summed E-state index contributed by atoms with van der Waals surface area (Å²) in [6.45, 7) is 0.791. The Hall–Kier alpha value is -4.12. The van der Waals surface area contributed by atoms with Crippen molar-refractivity contribution in [3.8, 4) is 0 Å². The van der Waals surface area contributed by atoms with E-state index in [9.17, 15) is 18.8 Å². The Morgan fingerprint density at radius 1 is 1.15 bits per heavy atom. The lowest BCUT2D eigenvalue weighted by molar-refractivity contribution is -0.116. The van der Waals surface area contributed by atoms with Crippen LogP contribution in [0.1, 0.15) is 48.9 Å². The van der Waals surface area contributed by atoms with E-state index >= 15 is 0 Å². The number of methoxy groups -OCH3 is 1. The van der Waals surface area contributed by atoms with Gasteiger partial charge in [0.25, 0.3) is 0 Å². The van der Waals surface area contributed by atoms with Crippen molar-refractivity contribution in [1.82, 2.24) is 15.5 Å². The number of aliphatic imine (C=N–C) groups is 1. The molecule has 5 rings (SSSR count). The van der Waals surface area contributed by atoms with Gasteiger partial charge in [0.1, 0.15) is 11.7 Å². The topological polar surface area (TPSA) is 124 Å². The van der Waals surface area contributed by atoms with Crippen LogP contribution in [-0.4, -0.2) is 55.0 Å². The predicted molar refractivity (Wildman–Crippen MR) is 150 cm³/mol. The largest absolute Gasteiger partial charge is 0.453 e. The molecule has 1 unspecified atom stereocenters. The zero-order valence-corrected chi connectivity index (χ0v) is 22.6. The van der Waals surface area contributed by atoms with Crippen LogP contribution in [0.3, 0.4) is 0 Å². The summed E-state index contributed by atoms with van der Waals surface area (Å²) < 4.78 is 19.3. The summed E-state index contributed by atoms with van der Waals surface area (Å²) in [6.07, 6.45) is 5.03. The number of amidine groups is 1. The van der Waals surface area contributed by atoms with Gasteiger partial charge >= 0.3 is 12.1 Å². The third-order valence-electron chi connectivity index (χ3n) is 7.23. The summed E-state index contributed by atoms with van der Waals surface area (Å²) in [4.78, 5) is 44.2. The maximum Gasteiger partial charge on any atom is 0.411 e. The molecule has 4 amide bonds. The molecule has 2 aromatic carbocycles. The number of benzene rings is 2. The summed E-state index contributed by atoms with van der Waals surface area (Å²) >= 11 is 5.96. The molecule has 10 nitrogen and oxygen atoms in total. The van der Waals surface area contributed by atoms with Crippen LogP contribution < -0.4 is 21.3 Å². The van der Waals surface area contributed by atoms with E-state index in [1.807, 2.05) is 18.2 Å². The minimum absolute atomic E-state index is 0.0200. The number of nitrogens with zero attached hydrogens (tertiary/aromatic N) is 2. The number of allylic oxidation sites excluding steroid dienone is 1. The molecule has 2 bridgehead atoms. The molecule has 210 valence electrons. The van der Waals surface area contributed by atoms with Crippen molar-refractivity contribution in [2.45, 2.75) is 43.8 Å². The first-order valence-corrected chi connectivity index (χ1v) is 13.5. The molecule has 3 heterocycles. The zero-order valence-electron chi connectivity index (χ0n) is 21.9. The van der Waals surface area contributed by atoms with Gasteiger partial charge in [-0.1, -0.05) is 42.0 Å². The third-order valence-corrected chi connectivity index (χ3v) is 7.52. The number of hydrogen-bond donors (Lipinski definition) is 4. The number of rotatable bonds is 3. The lowest BCUT2D eigenvalue weighted by Gasteiger charge is -2.38. The minimum atomic E-state index is -0.617. The second-order valence-corrected chi connectivity index (χ2v) is 10.2. The maximum absolute atomic E-state index is 14.6. The SMILES string of the molecule is COC(=O)Nc1ccc2c(c1)NC(=O)CC/C=C/C[C@H](N1CC[C@@H](c3cccc(Cl)c3F)NC1=O)C1=NCC2N1. The Bertz CT molecular complexity index is 1380. The normalized spacial score (nSPS) is 23.6. The van der Waals surface area contributed by atoms with Gasteiger partial charge in [0.15, 0.2) is 0 Å². The Morgan fingerprint density at radius 3 is 2.80 bits per heavy atom. The van der Waals surface area contributed by atoms with E-state index in [0.717, 1.165) is 5.56 Å². The molecule has 1 fully saturated rings. The van der Waals surface area contributed by atoms with Crippen molar-refractivity contribution in [2.24, 2.45) is 4.99 Å². The fraction of sp³-hybridized carbons (Fsp3) is 0.357. The molecule has 40 heavy (non-hydrogen) atoms. The molecule has 3 aliphatic rings. The molecular weight excluding hydrogens is 539 g/mol. The number of nitrogens with one attached hydrogen (secondary N) is 4. The highest BCUT2D eigenvalue weighted by Crippen LogP contribution is 2.32. The van der Waals surface area contributed by atoms with Crippen molar-refractivity contribution in [3.05, 3.63) is 70.5 Å². The number of halogens is 2. The fourth-order valence-electron chi connectivity index (χ4n) is 5.20. The van der Waals surface area contributed by atoms with Gasteiger partial charge in [-0.05, 0) is 43.0 Å². The van der Waals surface area contributed by atoms with Crippen LogP contribution in [0.2, 0.25) is 5.02 Å². The van der Waals surface area contributed by atoms with Crippen LogP contribution in [0.4, 0.5) is 25.4 Å². The highest BCUT2D eigenvalue weighted by molar-refractivity contribution is 6.30. The number of urea groups is 1. The van der Waals surface area contributed by atoms with Crippen LogP contribution in [-0.2, 0) is 9.53 Å². The Morgan fingerprint density at radius 2 is 2.00 bits per heavy atom. The number of amides is 4. The number of carbonyl (C=O) groups excluding carboxylic acids is 3. The first kappa shape index (κ1) is 27.4. The van der Waals surface area contributed by atoms with E-state index in [0.29, 0.717) is 55.1 Å². The minimum Gasteiger partial charge on any atom is -0.453 e. The van der Waals surface area contributed by atoms with E-state index in [-0.39, 0.29) is 35.5 Å². The highest BCUT2D eigenvalue weighted by Gasteiger charge is 2.36. The first-order valence-electron chi connectivity index (χ1n) is 13.1. The third kappa shape index (κ3) is 5.89. The number of hydrogen-bond acceptors (Lipinski definition) is 6. The van der Waals surface area contributed by atoms with Gasteiger partial charge in [0.2, 0.25) is 5.91 Å². The van der Waals surface area contributed by atoms with Gasteiger partial charge in [-0.15, -0.1) is 0 Å². The monoisotopic (exact) mass is 568 g/mol. The molecule has 4 N–H and O–H groups in total. The number of ether oxygens (including phenoxy) is 1. The summed E-state index contributed by atoms with van der Waals surface area (Å²) in [5.74, 6) is -0.0272. The quantitative estimate of drug-likeness (QED) is 0.392. The number of anilines is 2. The summed E-state index contributed by atoms with van der Waals surface area (Å²) in [6, 6.07) is 8.58. The first-order chi connectivity index (χ1) is 19.3. The standard InChI is InChI=1S/C28H30ClFN6O4/c1-40-28(39)32-16-10-11-17-21(14-16)33-24(37)9-4-2-3-8-23(26-31-15-22(17)34-26)36-13-12-20(35-27(36)38)18-6-5-7-19(29)25(18)30/h2-3,5-7,10-11,14,20,22-23H,4,8-9,12-13,15H2,1H3,(H,31,34)(H,32,39)(H,33,37)(H,35,38)/b3-2+/t20-,22?,23-/m0/s1. The second-order valence-electron chi connectivity index (χ2n) is 9.78. The van der Waals surface area contributed by atoms with Gasteiger partial charge in [-0.2, -0.15) is 0 Å². The molecule has 3 aliphatic heterocycles. The molecule has 1 saturated heterocycles. The maximum atomic E-state index is 14.6. The Balaban J connectivity index is 1.38. The average Bonchev–Trinajstić information content (AvgIpc) is 3.42. The Kier molecular flexibility index (Phi) is 8.20. The fourth-order valence-corrected chi connectivity index (χ4v) is 5.38. The number of fused-ring (bicyclic) bond motifs is 4. The van der Waals surface area contributed by atoms with Gasteiger partial charge in [0, 0.05) is 29.9 Å². The molecule has 0 saturated carbocycles. The van der Waals surface area contributed by atoms with Gasteiger partial charge in [0.05, 0.1) is 36.8 Å². The molecule has 3 atom stereocenters. The lowest BCUT2D eigenvalue weighted by Crippen LogP contribution is -2.56. The van der Waals surface area contributed by atoms with Gasteiger partial charge in [-0.25, -0.2) is 14.0 Å². The van der Waals surface area contributed by atoms with Gasteiger partial charge in [-0.3, -0.25) is 15.1 Å². The Labute approximate surface area is 236 Å². The van der Waals surface area contributed by atoms with Crippen LogP contribution >= 0.6 is 11.6 Å². The lowest BCUT2D eigenvalue weighted by atomic mass is 9.99. The van der Waals surface area contributed by atoms with E-state index in [4.69, 9.17) is 16.6 Å². The summed E-state index contributed by atoms with van der Waals surface area (Å²) in [7, 11) is 1.28.